The second-order valence-electron chi connectivity index (χ2n) is 4.38. The first-order chi connectivity index (χ1) is 7.68. The fraction of sp³-hybridized carbons (Fsp3) is 0.714. The van der Waals surface area contributed by atoms with E-state index in [0.29, 0.717) is 18.4 Å². The Morgan fingerprint density at radius 3 is 2.00 bits per heavy atom. The molecule has 16 heavy (non-hydrogen) atoms. The molecule has 0 rings (SSSR count). The minimum atomic E-state index is 0.200. The number of allylic oxidation sites excluding steroid dienone is 1. The van der Waals surface area contributed by atoms with Crippen molar-refractivity contribution in [2.75, 3.05) is 0 Å². The van der Waals surface area contributed by atoms with Crippen LogP contribution in [0.25, 0.3) is 0 Å². The molecule has 0 atom stereocenters. The first-order valence-corrected chi connectivity index (χ1v) is 6.31. The number of unbranched alkanes of at least 4 members (excludes halogenated alkanes) is 7. The van der Waals surface area contributed by atoms with Crippen LogP contribution in [-0.4, -0.2) is 12.1 Å². The smallest absolute Gasteiger partial charge is 0.157 e. The lowest BCUT2D eigenvalue weighted by atomic mass is 10.0. The third-order valence-electron chi connectivity index (χ3n) is 2.70. The largest absolute Gasteiger partial charge is 0.303 e. The molecule has 2 nitrogen and oxygen atoms in total. The van der Waals surface area contributed by atoms with E-state index in [-0.39, 0.29) is 5.78 Å². The van der Waals surface area contributed by atoms with Gasteiger partial charge >= 0.3 is 0 Å². The maximum Gasteiger partial charge on any atom is 0.157 e. The fourth-order valence-electron chi connectivity index (χ4n) is 1.61. The number of carbonyl (C=O) groups excluding carboxylic acids is 2. The van der Waals surface area contributed by atoms with Crippen LogP contribution in [0.2, 0.25) is 0 Å². The van der Waals surface area contributed by atoms with Gasteiger partial charge in [-0.25, -0.2) is 0 Å². The van der Waals surface area contributed by atoms with Gasteiger partial charge in [0.2, 0.25) is 0 Å². The zero-order valence-electron chi connectivity index (χ0n) is 10.5. The zero-order valence-corrected chi connectivity index (χ0v) is 10.5. The van der Waals surface area contributed by atoms with Crippen LogP contribution in [-0.2, 0) is 9.59 Å². The molecule has 92 valence electrons. The SMILES string of the molecule is C=C(C)C(=O)CCCCCCCCCC=O. The van der Waals surface area contributed by atoms with E-state index in [0.717, 1.165) is 32.0 Å². The molecule has 0 aliphatic carbocycles. The fourth-order valence-corrected chi connectivity index (χ4v) is 1.61. The Hall–Kier alpha value is -0.920. The van der Waals surface area contributed by atoms with Gasteiger partial charge < -0.3 is 4.79 Å². The van der Waals surface area contributed by atoms with Crippen molar-refractivity contribution in [3.05, 3.63) is 12.2 Å². The van der Waals surface area contributed by atoms with Crippen LogP contribution in [0.5, 0.6) is 0 Å². The Bertz CT molecular complexity index is 219. The summed E-state index contributed by atoms with van der Waals surface area (Å²) in [5.74, 6) is 0.200. The standard InChI is InChI=1S/C14H24O2/c1-13(2)14(16)11-9-7-5-3-4-6-8-10-12-15/h12H,1,3-11H2,2H3. The third-order valence-corrected chi connectivity index (χ3v) is 2.70. The monoisotopic (exact) mass is 224 g/mol. The van der Waals surface area contributed by atoms with Gasteiger partial charge in [-0.05, 0) is 25.3 Å². The van der Waals surface area contributed by atoms with Gasteiger partial charge in [-0.2, -0.15) is 0 Å². The first kappa shape index (κ1) is 15.1. The van der Waals surface area contributed by atoms with Crippen LogP contribution in [0.15, 0.2) is 12.2 Å². The lowest BCUT2D eigenvalue weighted by molar-refractivity contribution is -0.115. The van der Waals surface area contributed by atoms with Gasteiger partial charge in [0.15, 0.2) is 5.78 Å². The van der Waals surface area contributed by atoms with E-state index in [4.69, 9.17) is 0 Å². The van der Waals surface area contributed by atoms with Crippen molar-refractivity contribution in [2.45, 2.75) is 64.7 Å². The van der Waals surface area contributed by atoms with Crippen molar-refractivity contribution >= 4 is 12.1 Å². The van der Waals surface area contributed by atoms with E-state index in [1.54, 1.807) is 6.92 Å². The molecule has 0 fully saturated rings. The number of rotatable bonds is 11. The Labute approximate surface area is 99.1 Å². The summed E-state index contributed by atoms with van der Waals surface area (Å²) in [6.45, 7) is 5.41. The van der Waals surface area contributed by atoms with Gasteiger partial charge in [0.25, 0.3) is 0 Å². The molecule has 0 aromatic heterocycles. The maximum absolute atomic E-state index is 11.2. The van der Waals surface area contributed by atoms with Crippen LogP contribution < -0.4 is 0 Å². The molecule has 0 spiro atoms. The molecule has 0 saturated heterocycles. The number of aldehydes is 1. The van der Waals surface area contributed by atoms with E-state index in [1.807, 2.05) is 0 Å². The van der Waals surface area contributed by atoms with Gasteiger partial charge in [0, 0.05) is 12.8 Å². The van der Waals surface area contributed by atoms with Crippen LogP contribution in [0.4, 0.5) is 0 Å². The Balaban J connectivity index is 3.12. The third kappa shape index (κ3) is 9.63. The average molecular weight is 224 g/mol. The van der Waals surface area contributed by atoms with Gasteiger partial charge in [0.1, 0.15) is 6.29 Å². The molecule has 0 heterocycles. The Kier molecular flexibility index (Phi) is 9.98. The molecule has 2 heteroatoms. The predicted octanol–water partition coefficient (Wildman–Crippen LogP) is 3.84. The summed E-state index contributed by atoms with van der Waals surface area (Å²) in [6.07, 6.45) is 10.3. The van der Waals surface area contributed by atoms with Gasteiger partial charge in [-0.15, -0.1) is 0 Å². The van der Waals surface area contributed by atoms with E-state index in [2.05, 4.69) is 6.58 Å². The van der Waals surface area contributed by atoms with Crippen molar-refractivity contribution in [3.63, 3.8) is 0 Å². The van der Waals surface area contributed by atoms with Crippen molar-refractivity contribution in [2.24, 2.45) is 0 Å². The highest BCUT2D eigenvalue weighted by Gasteiger charge is 2.01. The van der Waals surface area contributed by atoms with Gasteiger partial charge in [-0.3, -0.25) is 4.79 Å². The van der Waals surface area contributed by atoms with Crippen LogP contribution in [0.1, 0.15) is 64.7 Å². The number of hydrogen-bond donors (Lipinski definition) is 0. The highest BCUT2D eigenvalue weighted by atomic mass is 16.1. The summed E-state index contributed by atoms with van der Waals surface area (Å²) in [7, 11) is 0. The number of ketones is 1. The molecule has 0 aromatic rings. The first-order valence-electron chi connectivity index (χ1n) is 6.31. The minimum Gasteiger partial charge on any atom is -0.303 e. The average Bonchev–Trinajstić information content (AvgIpc) is 2.26. The lowest BCUT2D eigenvalue weighted by Crippen LogP contribution is -1.97. The van der Waals surface area contributed by atoms with Crippen LogP contribution >= 0.6 is 0 Å². The van der Waals surface area contributed by atoms with Gasteiger partial charge in [0.05, 0.1) is 0 Å². The Morgan fingerprint density at radius 2 is 1.50 bits per heavy atom. The lowest BCUT2D eigenvalue weighted by Gasteiger charge is -2.01. The molecule has 0 saturated carbocycles. The second kappa shape index (κ2) is 10.6. The summed E-state index contributed by atoms with van der Waals surface area (Å²) < 4.78 is 0. The van der Waals surface area contributed by atoms with E-state index >= 15 is 0 Å². The van der Waals surface area contributed by atoms with Crippen LogP contribution in [0.3, 0.4) is 0 Å². The van der Waals surface area contributed by atoms with E-state index < -0.39 is 0 Å². The molecular formula is C14H24O2. The van der Waals surface area contributed by atoms with Crippen LogP contribution in [0, 0.1) is 0 Å². The highest BCUT2D eigenvalue weighted by Crippen LogP contribution is 2.10. The van der Waals surface area contributed by atoms with Crippen molar-refractivity contribution in [3.8, 4) is 0 Å². The van der Waals surface area contributed by atoms with Crippen molar-refractivity contribution in [1.29, 1.82) is 0 Å². The summed E-state index contributed by atoms with van der Waals surface area (Å²) >= 11 is 0. The minimum absolute atomic E-state index is 0.200. The molecule has 0 radical (unpaired) electrons. The Morgan fingerprint density at radius 1 is 1.00 bits per heavy atom. The molecule has 0 aromatic carbocycles. The second-order valence-corrected chi connectivity index (χ2v) is 4.38. The number of carbonyl (C=O) groups is 2. The summed E-state index contributed by atoms with van der Waals surface area (Å²) in [4.78, 5) is 21.3. The summed E-state index contributed by atoms with van der Waals surface area (Å²) in [5, 5.41) is 0. The summed E-state index contributed by atoms with van der Waals surface area (Å²) in [5.41, 5.74) is 0.675. The molecule has 0 amide bonds. The number of Topliss-reactive ketones (excluding diaryl/α,β-unsaturated/α-hetero) is 1. The molecule has 0 unspecified atom stereocenters. The molecule has 0 aliphatic rings. The zero-order chi connectivity index (χ0) is 12.2. The van der Waals surface area contributed by atoms with E-state index in [1.165, 1.54) is 19.3 Å². The maximum atomic E-state index is 11.2. The van der Waals surface area contributed by atoms with E-state index in [9.17, 15) is 9.59 Å². The normalized spacial score (nSPS) is 10.1. The molecule has 0 N–H and O–H groups in total. The highest BCUT2D eigenvalue weighted by molar-refractivity contribution is 5.93. The number of hydrogen-bond acceptors (Lipinski definition) is 2. The van der Waals surface area contributed by atoms with Crippen molar-refractivity contribution in [1.82, 2.24) is 0 Å². The topological polar surface area (TPSA) is 34.1 Å². The molecular weight excluding hydrogens is 200 g/mol. The molecule has 0 aliphatic heterocycles. The quantitative estimate of drug-likeness (QED) is 0.303. The van der Waals surface area contributed by atoms with Gasteiger partial charge in [-0.1, -0.05) is 38.7 Å². The molecule has 0 bridgehead atoms. The predicted molar refractivity (Wildman–Crippen MR) is 67.4 cm³/mol. The summed E-state index contributed by atoms with van der Waals surface area (Å²) in [6, 6.07) is 0. The van der Waals surface area contributed by atoms with Crippen molar-refractivity contribution < 1.29 is 9.59 Å².